The Morgan fingerprint density at radius 3 is 2.36 bits per heavy atom. The Morgan fingerprint density at radius 1 is 1.29 bits per heavy atom. The van der Waals surface area contributed by atoms with Gasteiger partial charge >= 0.3 is 0 Å². The second-order valence-corrected chi connectivity index (χ2v) is 5.10. The highest BCUT2D eigenvalue weighted by molar-refractivity contribution is 6.32. The van der Waals surface area contributed by atoms with Crippen LogP contribution in [0.4, 0.5) is 0 Å². The molecule has 0 bridgehead atoms. The summed E-state index contributed by atoms with van der Waals surface area (Å²) in [5, 5.41) is 0.856. The third kappa shape index (κ3) is 3.00. The second kappa shape index (κ2) is 3.92. The summed E-state index contributed by atoms with van der Waals surface area (Å²) in [5.41, 5.74) is 9.30. The lowest BCUT2D eigenvalue weighted by Gasteiger charge is -2.20. The van der Waals surface area contributed by atoms with Crippen molar-refractivity contribution in [3.63, 3.8) is 0 Å². The van der Waals surface area contributed by atoms with Gasteiger partial charge in [0, 0.05) is 10.6 Å². The van der Waals surface area contributed by atoms with Crippen LogP contribution in [-0.2, 0) is 6.42 Å². The summed E-state index contributed by atoms with van der Waals surface area (Å²) < 4.78 is 0. The van der Waals surface area contributed by atoms with E-state index in [2.05, 4.69) is 19.1 Å². The van der Waals surface area contributed by atoms with Crippen LogP contribution in [0.15, 0.2) is 12.1 Å². The standard InChI is InChI=1S/C12H18ClN/c1-8-5-9(2)11(13)10(6-8)7-12(3,4)14/h5-6H,7,14H2,1-4H3. The van der Waals surface area contributed by atoms with E-state index in [1.165, 1.54) is 5.56 Å². The van der Waals surface area contributed by atoms with Gasteiger partial charge in [0.05, 0.1) is 0 Å². The molecule has 0 aliphatic carbocycles. The minimum atomic E-state index is -0.204. The fourth-order valence-corrected chi connectivity index (χ4v) is 1.83. The average Bonchev–Trinajstić information content (AvgIpc) is 1.96. The van der Waals surface area contributed by atoms with Crippen LogP contribution in [-0.4, -0.2) is 5.54 Å². The Labute approximate surface area is 91.3 Å². The fourth-order valence-electron chi connectivity index (χ4n) is 1.66. The summed E-state index contributed by atoms with van der Waals surface area (Å²) in [6.45, 7) is 8.14. The van der Waals surface area contributed by atoms with Gasteiger partial charge in [0.1, 0.15) is 0 Å². The number of halogens is 1. The van der Waals surface area contributed by atoms with Gasteiger partial charge < -0.3 is 5.73 Å². The molecule has 14 heavy (non-hydrogen) atoms. The van der Waals surface area contributed by atoms with Crippen LogP contribution in [0.2, 0.25) is 5.02 Å². The summed E-state index contributed by atoms with van der Waals surface area (Å²) in [6, 6.07) is 4.21. The van der Waals surface area contributed by atoms with Gasteiger partial charge in [0.2, 0.25) is 0 Å². The van der Waals surface area contributed by atoms with Gasteiger partial charge in [0.15, 0.2) is 0 Å². The third-order valence-electron chi connectivity index (χ3n) is 2.12. The van der Waals surface area contributed by atoms with Crippen LogP contribution in [0.3, 0.4) is 0 Å². The second-order valence-electron chi connectivity index (χ2n) is 4.72. The maximum absolute atomic E-state index is 6.22. The Hall–Kier alpha value is -0.530. The minimum Gasteiger partial charge on any atom is -0.325 e. The van der Waals surface area contributed by atoms with Crippen molar-refractivity contribution in [2.45, 2.75) is 39.7 Å². The summed E-state index contributed by atoms with van der Waals surface area (Å²) in [6.07, 6.45) is 0.814. The molecule has 0 spiro atoms. The molecule has 0 amide bonds. The number of hydrogen-bond donors (Lipinski definition) is 1. The molecule has 2 heteroatoms. The Bertz CT molecular complexity index is 337. The van der Waals surface area contributed by atoms with E-state index in [4.69, 9.17) is 17.3 Å². The predicted octanol–water partition coefficient (Wildman–Crippen LogP) is 3.24. The molecule has 1 aromatic carbocycles. The third-order valence-corrected chi connectivity index (χ3v) is 2.66. The smallest absolute Gasteiger partial charge is 0.0468 e. The predicted molar refractivity (Wildman–Crippen MR) is 62.9 cm³/mol. The van der Waals surface area contributed by atoms with Crippen molar-refractivity contribution in [3.05, 3.63) is 33.8 Å². The van der Waals surface area contributed by atoms with E-state index in [0.717, 1.165) is 22.6 Å². The maximum atomic E-state index is 6.22. The topological polar surface area (TPSA) is 26.0 Å². The highest BCUT2D eigenvalue weighted by Gasteiger charge is 2.15. The zero-order valence-electron chi connectivity index (χ0n) is 9.32. The fraction of sp³-hybridized carbons (Fsp3) is 0.500. The summed E-state index contributed by atoms with van der Waals surface area (Å²) >= 11 is 6.22. The number of benzene rings is 1. The first-order valence-corrected chi connectivity index (χ1v) is 5.22. The molecule has 2 N–H and O–H groups in total. The van der Waals surface area contributed by atoms with Gasteiger partial charge in [-0.05, 0) is 45.2 Å². The minimum absolute atomic E-state index is 0.204. The number of nitrogens with two attached hydrogens (primary N) is 1. The molecular weight excluding hydrogens is 194 g/mol. The van der Waals surface area contributed by atoms with E-state index in [1.807, 2.05) is 20.8 Å². The average molecular weight is 212 g/mol. The largest absolute Gasteiger partial charge is 0.325 e. The van der Waals surface area contributed by atoms with Crippen molar-refractivity contribution in [2.24, 2.45) is 5.73 Å². The van der Waals surface area contributed by atoms with Crippen molar-refractivity contribution in [1.29, 1.82) is 0 Å². The maximum Gasteiger partial charge on any atom is 0.0468 e. The van der Waals surface area contributed by atoms with E-state index in [1.54, 1.807) is 0 Å². The highest BCUT2D eigenvalue weighted by Crippen LogP contribution is 2.25. The van der Waals surface area contributed by atoms with E-state index in [9.17, 15) is 0 Å². The van der Waals surface area contributed by atoms with Crippen molar-refractivity contribution >= 4 is 11.6 Å². The van der Waals surface area contributed by atoms with Gasteiger partial charge in [-0.2, -0.15) is 0 Å². The van der Waals surface area contributed by atoms with E-state index in [0.29, 0.717) is 0 Å². The van der Waals surface area contributed by atoms with Crippen molar-refractivity contribution in [1.82, 2.24) is 0 Å². The first-order valence-electron chi connectivity index (χ1n) is 4.84. The summed E-state index contributed by atoms with van der Waals surface area (Å²) in [5.74, 6) is 0. The highest BCUT2D eigenvalue weighted by atomic mass is 35.5. The Morgan fingerprint density at radius 2 is 1.86 bits per heavy atom. The molecule has 1 rings (SSSR count). The number of rotatable bonds is 2. The summed E-state index contributed by atoms with van der Waals surface area (Å²) in [7, 11) is 0. The molecule has 0 radical (unpaired) electrons. The molecule has 1 nitrogen and oxygen atoms in total. The summed E-state index contributed by atoms with van der Waals surface area (Å²) in [4.78, 5) is 0. The molecule has 0 atom stereocenters. The van der Waals surface area contributed by atoms with Gasteiger partial charge in [-0.3, -0.25) is 0 Å². The molecule has 1 aromatic rings. The molecule has 0 fully saturated rings. The molecule has 78 valence electrons. The molecule has 0 saturated carbocycles. The van der Waals surface area contributed by atoms with E-state index < -0.39 is 0 Å². The van der Waals surface area contributed by atoms with Crippen molar-refractivity contribution < 1.29 is 0 Å². The lowest BCUT2D eigenvalue weighted by molar-refractivity contribution is 0.516. The Balaban J connectivity index is 3.09. The Kier molecular flexibility index (Phi) is 3.23. The van der Waals surface area contributed by atoms with E-state index >= 15 is 0 Å². The van der Waals surface area contributed by atoms with Gasteiger partial charge in [0.25, 0.3) is 0 Å². The molecular formula is C12H18ClN. The first kappa shape index (κ1) is 11.5. The molecule has 0 unspecified atom stereocenters. The molecule has 0 aromatic heterocycles. The quantitative estimate of drug-likeness (QED) is 0.799. The van der Waals surface area contributed by atoms with Gasteiger partial charge in [-0.1, -0.05) is 29.3 Å². The number of aryl methyl sites for hydroxylation is 2. The van der Waals surface area contributed by atoms with Crippen LogP contribution in [0.1, 0.15) is 30.5 Å². The number of hydrogen-bond acceptors (Lipinski definition) is 1. The molecule has 0 heterocycles. The normalized spacial score (nSPS) is 11.9. The monoisotopic (exact) mass is 211 g/mol. The lowest BCUT2D eigenvalue weighted by Crippen LogP contribution is -2.34. The molecule has 0 aliphatic rings. The van der Waals surface area contributed by atoms with Gasteiger partial charge in [-0.15, -0.1) is 0 Å². The van der Waals surface area contributed by atoms with Crippen molar-refractivity contribution in [3.8, 4) is 0 Å². The zero-order valence-corrected chi connectivity index (χ0v) is 10.1. The lowest BCUT2D eigenvalue weighted by atomic mass is 9.94. The molecule has 0 saturated heterocycles. The first-order chi connectivity index (χ1) is 6.29. The molecule has 0 aliphatic heterocycles. The van der Waals surface area contributed by atoms with Crippen LogP contribution in [0, 0.1) is 13.8 Å². The van der Waals surface area contributed by atoms with Crippen LogP contribution in [0.25, 0.3) is 0 Å². The zero-order chi connectivity index (χ0) is 10.9. The van der Waals surface area contributed by atoms with Crippen molar-refractivity contribution in [2.75, 3.05) is 0 Å². The van der Waals surface area contributed by atoms with E-state index in [-0.39, 0.29) is 5.54 Å². The van der Waals surface area contributed by atoms with Gasteiger partial charge in [-0.25, -0.2) is 0 Å². The van der Waals surface area contributed by atoms with Crippen LogP contribution >= 0.6 is 11.6 Å². The van der Waals surface area contributed by atoms with Crippen LogP contribution < -0.4 is 5.73 Å². The SMILES string of the molecule is Cc1cc(C)c(Cl)c(CC(C)(C)N)c1. The van der Waals surface area contributed by atoms with Crippen LogP contribution in [0.5, 0.6) is 0 Å².